The van der Waals surface area contributed by atoms with Crippen LogP contribution in [-0.4, -0.2) is 17.0 Å². The first-order valence-electron chi connectivity index (χ1n) is 8.47. The lowest BCUT2D eigenvalue weighted by Crippen LogP contribution is -2.08. The number of aliphatic hydroxyl groups excluding tert-OH is 1. The molecule has 0 aliphatic rings. The molecule has 1 aromatic carbocycles. The Balaban J connectivity index is 2.23. The first kappa shape index (κ1) is 17.9. The van der Waals surface area contributed by atoms with Crippen LogP contribution in [0.3, 0.4) is 0 Å². The van der Waals surface area contributed by atoms with Crippen LogP contribution >= 0.6 is 0 Å². The van der Waals surface area contributed by atoms with Crippen LogP contribution in [0.1, 0.15) is 81.1 Å². The first-order chi connectivity index (χ1) is 10.2. The predicted molar refractivity (Wildman–Crippen MR) is 88.8 cm³/mol. The number of hydrogen-bond donors (Lipinski definition) is 1. The van der Waals surface area contributed by atoms with Gasteiger partial charge >= 0.3 is 0 Å². The minimum atomic E-state index is -0.191. The van der Waals surface area contributed by atoms with Crippen molar-refractivity contribution >= 4 is 5.78 Å². The van der Waals surface area contributed by atoms with Gasteiger partial charge in [-0.1, -0.05) is 70.2 Å². The topological polar surface area (TPSA) is 37.3 Å². The van der Waals surface area contributed by atoms with Gasteiger partial charge in [-0.2, -0.15) is 0 Å². The molecule has 0 radical (unpaired) electrons. The summed E-state index contributed by atoms with van der Waals surface area (Å²) in [4.78, 5) is 11.5. The second-order valence-electron chi connectivity index (χ2n) is 5.87. The highest BCUT2D eigenvalue weighted by Crippen LogP contribution is 2.13. The number of unbranched alkanes of at least 4 members (excludes halogenated alkanes) is 4. The first-order valence-corrected chi connectivity index (χ1v) is 8.47. The van der Waals surface area contributed by atoms with E-state index in [1.165, 1.54) is 31.2 Å². The van der Waals surface area contributed by atoms with E-state index in [9.17, 15) is 9.90 Å². The summed E-state index contributed by atoms with van der Waals surface area (Å²) in [6.07, 6.45) is 9.19. The number of rotatable bonds is 11. The van der Waals surface area contributed by atoms with Gasteiger partial charge in [-0.3, -0.25) is 4.79 Å². The zero-order valence-electron chi connectivity index (χ0n) is 13.6. The molecule has 2 nitrogen and oxygen atoms in total. The summed E-state index contributed by atoms with van der Waals surface area (Å²) in [5.41, 5.74) is 1.99. The summed E-state index contributed by atoms with van der Waals surface area (Å²) in [5, 5.41) is 9.99. The van der Waals surface area contributed by atoms with Gasteiger partial charge in [-0.05, 0) is 24.8 Å². The van der Waals surface area contributed by atoms with Crippen molar-refractivity contribution in [3.05, 3.63) is 35.4 Å². The molecule has 118 valence electrons. The van der Waals surface area contributed by atoms with E-state index in [1.807, 2.05) is 31.2 Å². The van der Waals surface area contributed by atoms with Gasteiger partial charge in [-0.25, -0.2) is 0 Å². The normalized spacial score (nSPS) is 12.3. The molecule has 0 aliphatic carbocycles. The number of Topliss-reactive ketones (excluding diaryl/α,β-unsaturated/α-hetero) is 1. The molecule has 0 heterocycles. The van der Waals surface area contributed by atoms with Crippen molar-refractivity contribution in [2.45, 2.75) is 77.7 Å². The van der Waals surface area contributed by atoms with Crippen molar-refractivity contribution in [2.24, 2.45) is 0 Å². The van der Waals surface area contributed by atoms with Gasteiger partial charge in [-0.15, -0.1) is 0 Å². The Bertz CT molecular complexity index is 395. The minimum absolute atomic E-state index is 0.189. The summed E-state index contributed by atoms with van der Waals surface area (Å²) in [7, 11) is 0. The van der Waals surface area contributed by atoms with E-state index in [2.05, 4.69) is 6.92 Å². The van der Waals surface area contributed by atoms with Crippen LogP contribution < -0.4 is 0 Å². The van der Waals surface area contributed by atoms with Gasteiger partial charge in [0.05, 0.1) is 6.10 Å². The Hall–Kier alpha value is -1.15. The maximum absolute atomic E-state index is 11.5. The number of aliphatic hydroxyl groups is 1. The van der Waals surface area contributed by atoms with Crippen LogP contribution in [0.5, 0.6) is 0 Å². The molecule has 0 spiro atoms. The molecule has 0 unspecified atom stereocenters. The summed E-state index contributed by atoms with van der Waals surface area (Å²) in [5.74, 6) is 0.189. The second-order valence-corrected chi connectivity index (χ2v) is 5.87. The molecule has 0 aliphatic heterocycles. The number of aryl methyl sites for hydroxylation is 1. The molecule has 1 aromatic rings. The van der Waals surface area contributed by atoms with E-state index in [0.717, 1.165) is 31.2 Å². The van der Waals surface area contributed by atoms with Crippen molar-refractivity contribution in [2.75, 3.05) is 0 Å². The molecule has 0 amide bonds. The van der Waals surface area contributed by atoms with Crippen LogP contribution in [0.2, 0.25) is 0 Å². The van der Waals surface area contributed by atoms with E-state index in [-0.39, 0.29) is 11.9 Å². The van der Waals surface area contributed by atoms with Gasteiger partial charge in [0.25, 0.3) is 0 Å². The van der Waals surface area contributed by atoms with E-state index in [0.29, 0.717) is 6.42 Å². The fourth-order valence-electron chi connectivity index (χ4n) is 2.52. The number of ketones is 1. The lowest BCUT2D eigenvalue weighted by Gasteiger charge is -2.10. The summed E-state index contributed by atoms with van der Waals surface area (Å²) < 4.78 is 0. The molecular weight excluding hydrogens is 260 g/mol. The van der Waals surface area contributed by atoms with Gasteiger partial charge < -0.3 is 5.11 Å². The highest BCUT2D eigenvalue weighted by Gasteiger charge is 2.06. The molecule has 0 fully saturated rings. The molecule has 21 heavy (non-hydrogen) atoms. The van der Waals surface area contributed by atoms with Crippen molar-refractivity contribution in [1.29, 1.82) is 0 Å². The van der Waals surface area contributed by atoms with Gasteiger partial charge in [0.15, 0.2) is 5.78 Å². The smallest absolute Gasteiger partial charge is 0.162 e. The van der Waals surface area contributed by atoms with Crippen LogP contribution in [-0.2, 0) is 6.42 Å². The Morgan fingerprint density at radius 1 is 1.00 bits per heavy atom. The third-order valence-corrected chi connectivity index (χ3v) is 4.00. The third kappa shape index (κ3) is 7.42. The highest BCUT2D eigenvalue weighted by molar-refractivity contribution is 5.95. The number of carbonyl (C=O) groups is 1. The van der Waals surface area contributed by atoms with Crippen LogP contribution in [0.25, 0.3) is 0 Å². The number of carbonyl (C=O) groups excluding carboxylic acids is 1. The van der Waals surface area contributed by atoms with Gasteiger partial charge in [0, 0.05) is 12.0 Å². The molecule has 0 saturated heterocycles. The average molecular weight is 290 g/mol. The molecule has 0 aromatic heterocycles. The molecule has 0 bridgehead atoms. The standard InChI is InChI=1S/C19H30O2/c1-3-5-6-7-8-9-18(20)15-12-16-10-13-17(14-11-16)19(21)4-2/h10-11,13-14,18,20H,3-9,12,15H2,1-2H3/t18-/m1/s1. The summed E-state index contributed by atoms with van der Waals surface area (Å²) in [6.45, 7) is 4.10. The van der Waals surface area contributed by atoms with Crippen molar-refractivity contribution in [3.8, 4) is 0 Å². The van der Waals surface area contributed by atoms with Crippen molar-refractivity contribution in [3.63, 3.8) is 0 Å². The van der Waals surface area contributed by atoms with E-state index in [1.54, 1.807) is 0 Å². The predicted octanol–water partition coefficient (Wildman–Crippen LogP) is 4.93. The second kappa shape index (κ2) is 10.6. The van der Waals surface area contributed by atoms with Crippen LogP contribution in [0.4, 0.5) is 0 Å². The molecule has 1 N–H and O–H groups in total. The van der Waals surface area contributed by atoms with Gasteiger partial charge in [0.1, 0.15) is 0 Å². The fraction of sp³-hybridized carbons (Fsp3) is 0.632. The van der Waals surface area contributed by atoms with E-state index < -0.39 is 0 Å². The highest BCUT2D eigenvalue weighted by atomic mass is 16.3. The van der Waals surface area contributed by atoms with E-state index in [4.69, 9.17) is 0 Å². The Kier molecular flexibility index (Phi) is 9.00. The SMILES string of the molecule is CCCCCCC[C@@H](O)CCc1ccc(C(=O)CC)cc1. The number of hydrogen-bond acceptors (Lipinski definition) is 2. The number of benzene rings is 1. The molecule has 2 heteroatoms. The molecular formula is C19H30O2. The molecule has 1 rings (SSSR count). The van der Waals surface area contributed by atoms with Crippen molar-refractivity contribution < 1.29 is 9.90 Å². The lowest BCUT2D eigenvalue weighted by atomic mass is 10.00. The van der Waals surface area contributed by atoms with Gasteiger partial charge in [0.2, 0.25) is 0 Å². The minimum Gasteiger partial charge on any atom is -0.393 e. The fourth-order valence-corrected chi connectivity index (χ4v) is 2.52. The van der Waals surface area contributed by atoms with E-state index >= 15 is 0 Å². The zero-order valence-corrected chi connectivity index (χ0v) is 13.6. The quantitative estimate of drug-likeness (QED) is 0.463. The largest absolute Gasteiger partial charge is 0.393 e. The van der Waals surface area contributed by atoms with Crippen LogP contribution in [0.15, 0.2) is 24.3 Å². The third-order valence-electron chi connectivity index (χ3n) is 4.00. The molecule has 0 saturated carbocycles. The Labute approximate surface area is 129 Å². The Morgan fingerprint density at radius 3 is 2.29 bits per heavy atom. The lowest BCUT2D eigenvalue weighted by molar-refractivity contribution is 0.0988. The molecule has 1 atom stereocenters. The Morgan fingerprint density at radius 2 is 1.67 bits per heavy atom. The average Bonchev–Trinajstić information content (AvgIpc) is 2.52. The maximum atomic E-state index is 11.5. The monoisotopic (exact) mass is 290 g/mol. The van der Waals surface area contributed by atoms with Crippen LogP contribution in [0, 0.1) is 0 Å². The zero-order chi connectivity index (χ0) is 15.5. The maximum Gasteiger partial charge on any atom is 0.162 e. The summed E-state index contributed by atoms with van der Waals surface area (Å²) in [6, 6.07) is 7.82. The summed E-state index contributed by atoms with van der Waals surface area (Å²) >= 11 is 0. The van der Waals surface area contributed by atoms with Crippen molar-refractivity contribution in [1.82, 2.24) is 0 Å².